The first-order valence-corrected chi connectivity index (χ1v) is 8.32. The third-order valence-electron chi connectivity index (χ3n) is 5.21. The second-order valence-corrected chi connectivity index (χ2v) is 6.56. The normalized spacial score (nSPS) is 37.7. The Labute approximate surface area is 113 Å². The first kappa shape index (κ1) is 14.3. The first-order valence-electron chi connectivity index (χ1n) is 8.32. The van der Waals surface area contributed by atoms with Crippen molar-refractivity contribution < 1.29 is 0 Å². The summed E-state index contributed by atoms with van der Waals surface area (Å²) in [5, 5.41) is 0. The van der Waals surface area contributed by atoms with Gasteiger partial charge in [0.25, 0.3) is 0 Å². The van der Waals surface area contributed by atoms with Crippen molar-refractivity contribution >= 4 is 0 Å². The van der Waals surface area contributed by atoms with E-state index in [1.165, 1.54) is 64.2 Å². The molecule has 0 amide bonds. The number of hydrazine groups is 1. The Bertz CT molecular complexity index is 205. The molecule has 0 heterocycles. The predicted octanol–water partition coefficient (Wildman–Crippen LogP) is 4.02. The van der Waals surface area contributed by atoms with Crippen LogP contribution >= 0.6 is 0 Å². The molecule has 0 spiro atoms. The van der Waals surface area contributed by atoms with Crippen LogP contribution < -0.4 is 10.9 Å². The minimum atomic E-state index is 0.728. The van der Waals surface area contributed by atoms with Gasteiger partial charge in [-0.3, -0.25) is 10.9 Å². The molecule has 0 aliphatic heterocycles. The van der Waals surface area contributed by atoms with Gasteiger partial charge in [0.1, 0.15) is 0 Å². The van der Waals surface area contributed by atoms with Crippen LogP contribution in [0.3, 0.4) is 0 Å². The number of hydrogen-bond acceptors (Lipinski definition) is 2. The van der Waals surface area contributed by atoms with Crippen LogP contribution in [0.25, 0.3) is 0 Å². The highest BCUT2D eigenvalue weighted by Gasteiger charge is 2.23. The molecule has 4 unspecified atom stereocenters. The highest BCUT2D eigenvalue weighted by molar-refractivity contribution is 4.80. The van der Waals surface area contributed by atoms with Gasteiger partial charge in [-0.25, -0.2) is 0 Å². The SMILES string of the molecule is CCC1CCCC(NNC2CCCC(CC)C2)C1. The van der Waals surface area contributed by atoms with E-state index in [0.717, 1.165) is 23.9 Å². The van der Waals surface area contributed by atoms with Crippen molar-refractivity contribution in [2.24, 2.45) is 11.8 Å². The van der Waals surface area contributed by atoms with E-state index in [1.807, 2.05) is 0 Å². The molecular formula is C16H32N2. The van der Waals surface area contributed by atoms with Crippen molar-refractivity contribution in [3.63, 3.8) is 0 Å². The fourth-order valence-electron chi connectivity index (χ4n) is 3.82. The lowest BCUT2D eigenvalue weighted by molar-refractivity contribution is 0.211. The zero-order valence-corrected chi connectivity index (χ0v) is 12.4. The van der Waals surface area contributed by atoms with Gasteiger partial charge >= 0.3 is 0 Å². The molecule has 2 aliphatic rings. The lowest BCUT2D eigenvalue weighted by Crippen LogP contribution is -2.49. The Morgan fingerprint density at radius 1 is 0.722 bits per heavy atom. The summed E-state index contributed by atoms with van der Waals surface area (Å²) in [4.78, 5) is 0. The van der Waals surface area contributed by atoms with Crippen molar-refractivity contribution in [1.29, 1.82) is 0 Å². The van der Waals surface area contributed by atoms with Crippen LogP contribution in [0.1, 0.15) is 78.1 Å². The molecule has 0 radical (unpaired) electrons. The molecule has 2 aliphatic carbocycles. The monoisotopic (exact) mass is 252 g/mol. The quantitative estimate of drug-likeness (QED) is 0.722. The zero-order chi connectivity index (χ0) is 12.8. The standard InChI is InChI=1S/C16H32N2/c1-3-13-7-5-9-15(11-13)17-18-16-10-6-8-14(4-2)12-16/h13-18H,3-12H2,1-2H3. The van der Waals surface area contributed by atoms with E-state index in [2.05, 4.69) is 24.7 Å². The summed E-state index contributed by atoms with van der Waals surface area (Å²) in [5.41, 5.74) is 7.30. The molecule has 0 aromatic rings. The largest absolute Gasteiger partial charge is 0.255 e. The van der Waals surface area contributed by atoms with Crippen LogP contribution in [0, 0.1) is 11.8 Å². The Morgan fingerprint density at radius 3 is 1.56 bits per heavy atom. The molecule has 106 valence electrons. The molecule has 18 heavy (non-hydrogen) atoms. The van der Waals surface area contributed by atoms with Gasteiger partial charge in [-0.05, 0) is 37.5 Å². The van der Waals surface area contributed by atoms with Crippen LogP contribution in [0.5, 0.6) is 0 Å². The fourth-order valence-corrected chi connectivity index (χ4v) is 3.82. The average Bonchev–Trinajstić information content (AvgIpc) is 2.45. The Hall–Kier alpha value is -0.0800. The molecule has 2 fully saturated rings. The smallest absolute Gasteiger partial charge is 0.0215 e. The zero-order valence-electron chi connectivity index (χ0n) is 12.4. The molecule has 2 saturated carbocycles. The molecule has 4 atom stereocenters. The topological polar surface area (TPSA) is 24.1 Å². The van der Waals surface area contributed by atoms with Crippen LogP contribution in [0.15, 0.2) is 0 Å². The number of rotatable bonds is 5. The third-order valence-corrected chi connectivity index (χ3v) is 5.21. The van der Waals surface area contributed by atoms with E-state index in [9.17, 15) is 0 Å². The van der Waals surface area contributed by atoms with Gasteiger partial charge in [0, 0.05) is 12.1 Å². The highest BCUT2D eigenvalue weighted by atomic mass is 15.4. The first-order chi connectivity index (χ1) is 8.81. The summed E-state index contributed by atoms with van der Waals surface area (Å²) < 4.78 is 0. The van der Waals surface area contributed by atoms with Crippen molar-refractivity contribution in [1.82, 2.24) is 10.9 Å². The van der Waals surface area contributed by atoms with E-state index in [-0.39, 0.29) is 0 Å². The van der Waals surface area contributed by atoms with Crippen molar-refractivity contribution in [2.75, 3.05) is 0 Å². The van der Waals surface area contributed by atoms with Gasteiger partial charge in [0.15, 0.2) is 0 Å². The van der Waals surface area contributed by atoms with Gasteiger partial charge in [-0.15, -0.1) is 0 Å². The molecule has 2 nitrogen and oxygen atoms in total. The second-order valence-electron chi connectivity index (χ2n) is 6.56. The number of nitrogens with one attached hydrogen (secondary N) is 2. The lowest BCUT2D eigenvalue weighted by atomic mass is 9.84. The number of hydrogen-bond donors (Lipinski definition) is 2. The van der Waals surface area contributed by atoms with Crippen LogP contribution in [0.4, 0.5) is 0 Å². The van der Waals surface area contributed by atoms with Crippen LogP contribution in [0.2, 0.25) is 0 Å². The Kier molecular flexibility index (Phi) is 5.97. The highest BCUT2D eigenvalue weighted by Crippen LogP contribution is 2.28. The van der Waals surface area contributed by atoms with Crippen molar-refractivity contribution in [3.8, 4) is 0 Å². The summed E-state index contributed by atoms with van der Waals surface area (Å²) in [7, 11) is 0. The molecule has 0 bridgehead atoms. The molecule has 2 heteroatoms. The maximum absolute atomic E-state index is 3.65. The second kappa shape index (κ2) is 7.49. The summed E-state index contributed by atoms with van der Waals surface area (Å²) in [5.74, 6) is 1.93. The van der Waals surface area contributed by atoms with Crippen molar-refractivity contribution in [2.45, 2.75) is 90.1 Å². The van der Waals surface area contributed by atoms with E-state index in [1.54, 1.807) is 0 Å². The summed E-state index contributed by atoms with van der Waals surface area (Å²) in [6.45, 7) is 4.68. The van der Waals surface area contributed by atoms with E-state index >= 15 is 0 Å². The summed E-state index contributed by atoms with van der Waals surface area (Å²) >= 11 is 0. The minimum Gasteiger partial charge on any atom is -0.255 e. The molecule has 0 aromatic carbocycles. The van der Waals surface area contributed by atoms with E-state index in [0.29, 0.717) is 0 Å². The Balaban J connectivity index is 1.67. The average molecular weight is 252 g/mol. The molecule has 0 saturated heterocycles. The van der Waals surface area contributed by atoms with Gasteiger partial charge in [-0.1, -0.05) is 52.4 Å². The molecular weight excluding hydrogens is 220 g/mol. The molecule has 0 aromatic heterocycles. The molecule has 2 N–H and O–H groups in total. The van der Waals surface area contributed by atoms with E-state index in [4.69, 9.17) is 0 Å². The third kappa shape index (κ3) is 4.24. The fraction of sp³-hybridized carbons (Fsp3) is 1.00. The van der Waals surface area contributed by atoms with Gasteiger partial charge < -0.3 is 0 Å². The lowest BCUT2D eigenvalue weighted by Gasteiger charge is -2.34. The predicted molar refractivity (Wildman–Crippen MR) is 78.3 cm³/mol. The maximum atomic E-state index is 3.65. The van der Waals surface area contributed by atoms with Crippen LogP contribution in [-0.2, 0) is 0 Å². The van der Waals surface area contributed by atoms with Gasteiger partial charge in [-0.2, -0.15) is 0 Å². The van der Waals surface area contributed by atoms with E-state index < -0.39 is 0 Å². The summed E-state index contributed by atoms with van der Waals surface area (Å²) in [6.07, 6.45) is 14.0. The molecule has 2 rings (SSSR count). The maximum Gasteiger partial charge on any atom is 0.0215 e. The Morgan fingerprint density at radius 2 is 1.17 bits per heavy atom. The summed E-state index contributed by atoms with van der Waals surface area (Å²) in [6, 6.07) is 1.46. The minimum absolute atomic E-state index is 0.728. The van der Waals surface area contributed by atoms with Crippen molar-refractivity contribution in [3.05, 3.63) is 0 Å². The van der Waals surface area contributed by atoms with Gasteiger partial charge in [0.05, 0.1) is 0 Å². The van der Waals surface area contributed by atoms with Gasteiger partial charge in [0.2, 0.25) is 0 Å². The van der Waals surface area contributed by atoms with Crippen LogP contribution in [-0.4, -0.2) is 12.1 Å².